The van der Waals surface area contributed by atoms with Crippen LogP contribution in [-0.4, -0.2) is 41.0 Å². The highest BCUT2D eigenvalue weighted by atomic mass is 16.7. The van der Waals surface area contributed by atoms with Gasteiger partial charge < -0.3 is 21.0 Å². The molecule has 9 nitrogen and oxygen atoms in total. The summed E-state index contributed by atoms with van der Waals surface area (Å²) in [4.78, 5) is 52.0. The van der Waals surface area contributed by atoms with Crippen LogP contribution in [-0.2, 0) is 14.4 Å². The van der Waals surface area contributed by atoms with Gasteiger partial charge in [-0.3, -0.25) is 9.59 Å². The fourth-order valence-corrected chi connectivity index (χ4v) is 2.43. The molecule has 29 heavy (non-hydrogen) atoms. The number of nitrogens with two attached hydrogens (primary N) is 1. The van der Waals surface area contributed by atoms with Gasteiger partial charge in [0.15, 0.2) is 0 Å². The second-order valence-corrected chi connectivity index (χ2v) is 6.19. The Bertz CT molecular complexity index is 914. The third-order valence-corrected chi connectivity index (χ3v) is 3.86. The van der Waals surface area contributed by atoms with Crippen LogP contribution in [0.1, 0.15) is 40.0 Å². The number of nitrogens with zero attached hydrogens (tertiary/aromatic N) is 1. The number of benzene rings is 2. The zero-order valence-electron chi connectivity index (χ0n) is 15.8. The van der Waals surface area contributed by atoms with Crippen molar-refractivity contribution in [3.8, 4) is 0 Å². The van der Waals surface area contributed by atoms with Gasteiger partial charge in [0, 0.05) is 31.3 Å². The van der Waals surface area contributed by atoms with Crippen molar-refractivity contribution in [3.05, 3.63) is 59.7 Å². The number of hydrogen-bond acceptors (Lipinski definition) is 6. The van der Waals surface area contributed by atoms with E-state index in [0.29, 0.717) is 5.56 Å². The van der Waals surface area contributed by atoms with Crippen molar-refractivity contribution in [2.75, 3.05) is 18.1 Å². The highest BCUT2D eigenvalue weighted by Crippen LogP contribution is 2.17. The van der Waals surface area contributed by atoms with Crippen molar-refractivity contribution in [1.82, 2.24) is 5.06 Å². The number of nitrogens with one attached hydrogen (secondary N) is 1. The first-order chi connectivity index (χ1) is 13.8. The van der Waals surface area contributed by atoms with E-state index in [9.17, 15) is 19.2 Å². The standard InChI is InChI=1S/C20H21N3O6/c1-23(29-20(28)13-6-3-2-4-7-13)18(25)9-5-8-17(24)22-16-11-14(19(26)27)10-15(21)12-16/h2-4,6-7,10-12H,5,8-9,21H2,1H3,(H,22,24)(H,26,27). The molecule has 2 amide bonds. The van der Waals surface area contributed by atoms with E-state index in [1.165, 1.54) is 25.2 Å². The molecule has 0 radical (unpaired) electrons. The molecule has 0 spiro atoms. The fourth-order valence-electron chi connectivity index (χ4n) is 2.43. The van der Waals surface area contributed by atoms with Crippen LogP contribution < -0.4 is 11.1 Å². The van der Waals surface area contributed by atoms with E-state index in [4.69, 9.17) is 15.7 Å². The van der Waals surface area contributed by atoms with E-state index in [1.807, 2.05) is 0 Å². The molecule has 0 aliphatic rings. The number of carboxylic acid groups (broad SMARTS) is 1. The van der Waals surface area contributed by atoms with E-state index in [-0.39, 0.29) is 36.2 Å². The predicted molar refractivity (Wildman–Crippen MR) is 105 cm³/mol. The normalized spacial score (nSPS) is 10.1. The Morgan fingerprint density at radius 3 is 2.38 bits per heavy atom. The number of rotatable bonds is 7. The number of amides is 2. The summed E-state index contributed by atoms with van der Waals surface area (Å²) >= 11 is 0. The highest BCUT2D eigenvalue weighted by Gasteiger charge is 2.16. The van der Waals surface area contributed by atoms with Gasteiger partial charge in [-0.25, -0.2) is 9.59 Å². The van der Waals surface area contributed by atoms with Gasteiger partial charge in [-0.15, -0.1) is 0 Å². The summed E-state index contributed by atoms with van der Waals surface area (Å²) in [5.74, 6) is -2.68. The summed E-state index contributed by atoms with van der Waals surface area (Å²) < 4.78 is 0. The van der Waals surface area contributed by atoms with E-state index in [0.717, 1.165) is 5.06 Å². The first kappa shape index (κ1) is 21.4. The summed E-state index contributed by atoms with van der Waals surface area (Å²) in [5, 5.41) is 12.4. The van der Waals surface area contributed by atoms with Crippen LogP contribution >= 0.6 is 0 Å². The average Bonchev–Trinajstić information content (AvgIpc) is 2.67. The minimum absolute atomic E-state index is 0.0106. The topological polar surface area (TPSA) is 139 Å². The molecule has 0 atom stereocenters. The lowest BCUT2D eigenvalue weighted by Gasteiger charge is -2.16. The van der Waals surface area contributed by atoms with Gasteiger partial charge in [0.05, 0.1) is 11.1 Å². The van der Waals surface area contributed by atoms with Crippen molar-refractivity contribution in [2.45, 2.75) is 19.3 Å². The molecule has 2 aromatic carbocycles. The summed E-state index contributed by atoms with van der Waals surface area (Å²) in [6.45, 7) is 0. The third-order valence-electron chi connectivity index (χ3n) is 3.86. The minimum atomic E-state index is -1.16. The zero-order valence-corrected chi connectivity index (χ0v) is 15.8. The van der Waals surface area contributed by atoms with Crippen molar-refractivity contribution in [3.63, 3.8) is 0 Å². The number of nitrogen functional groups attached to an aromatic ring is 1. The Morgan fingerprint density at radius 2 is 1.72 bits per heavy atom. The maximum absolute atomic E-state index is 12.0. The van der Waals surface area contributed by atoms with E-state index >= 15 is 0 Å². The van der Waals surface area contributed by atoms with Crippen LogP contribution in [0.15, 0.2) is 48.5 Å². The molecule has 0 bridgehead atoms. The van der Waals surface area contributed by atoms with E-state index < -0.39 is 23.8 Å². The van der Waals surface area contributed by atoms with Crippen LogP contribution in [0.5, 0.6) is 0 Å². The number of carboxylic acids is 1. The number of aromatic carboxylic acids is 1. The van der Waals surface area contributed by atoms with Crippen molar-refractivity contribution in [2.24, 2.45) is 0 Å². The van der Waals surface area contributed by atoms with Gasteiger partial charge in [-0.1, -0.05) is 18.2 Å². The Labute approximate surface area is 167 Å². The second kappa shape index (κ2) is 9.88. The van der Waals surface area contributed by atoms with Crippen molar-refractivity contribution in [1.29, 1.82) is 0 Å². The molecule has 0 unspecified atom stereocenters. The van der Waals surface area contributed by atoms with Crippen LogP contribution in [0.4, 0.5) is 11.4 Å². The third kappa shape index (κ3) is 6.65. The molecular formula is C20H21N3O6. The maximum Gasteiger partial charge on any atom is 0.363 e. The first-order valence-corrected chi connectivity index (χ1v) is 8.74. The Hall–Kier alpha value is -3.88. The lowest BCUT2D eigenvalue weighted by molar-refractivity contribution is -0.161. The van der Waals surface area contributed by atoms with Crippen molar-refractivity contribution >= 4 is 35.1 Å². The summed E-state index contributed by atoms with van der Waals surface area (Å²) in [5.41, 5.74) is 6.35. The quantitative estimate of drug-likeness (QED) is 0.479. The van der Waals surface area contributed by atoms with Gasteiger partial charge in [0.2, 0.25) is 5.91 Å². The second-order valence-electron chi connectivity index (χ2n) is 6.19. The smallest absolute Gasteiger partial charge is 0.363 e. The summed E-state index contributed by atoms with van der Waals surface area (Å²) in [6, 6.07) is 12.2. The molecule has 2 rings (SSSR count). The molecule has 0 heterocycles. The number of carbonyl (C=O) groups excluding carboxylic acids is 3. The lowest BCUT2D eigenvalue weighted by atomic mass is 10.1. The molecule has 0 saturated heterocycles. The largest absolute Gasteiger partial charge is 0.478 e. The van der Waals surface area contributed by atoms with E-state index in [1.54, 1.807) is 30.3 Å². The zero-order chi connectivity index (χ0) is 21.4. The van der Waals surface area contributed by atoms with Gasteiger partial charge in [0.1, 0.15) is 0 Å². The Morgan fingerprint density at radius 1 is 1.03 bits per heavy atom. The number of hydroxylamine groups is 2. The minimum Gasteiger partial charge on any atom is -0.478 e. The molecule has 2 aromatic rings. The summed E-state index contributed by atoms with van der Waals surface area (Å²) in [7, 11) is 1.32. The molecule has 0 saturated carbocycles. The van der Waals surface area contributed by atoms with E-state index in [2.05, 4.69) is 5.32 Å². The molecule has 0 aliphatic carbocycles. The number of hydrogen-bond donors (Lipinski definition) is 3. The molecule has 9 heteroatoms. The molecule has 0 fully saturated rings. The van der Waals surface area contributed by atoms with Crippen LogP contribution in [0.25, 0.3) is 0 Å². The lowest BCUT2D eigenvalue weighted by Crippen LogP contribution is -2.29. The van der Waals surface area contributed by atoms with Gasteiger partial charge in [-0.2, -0.15) is 5.06 Å². The van der Waals surface area contributed by atoms with Gasteiger partial charge in [0.25, 0.3) is 5.91 Å². The van der Waals surface area contributed by atoms with Crippen LogP contribution in [0.3, 0.4) is 0 Å². The highest BCUT2D eigenvalue weighted by molar-refractivity contribution is 5.95. The van der Waals surface area contributed by atoms with Crippen LogP contribution in [0.2, 0.25) is 0 Å². The monoisotopic (exact) mass is 399 g/mol. The first-order valence-electron chi connectivity index (χ1n) is 8.74. The number of carbonyl (C=O) groups is 4. The maximum atomic E-state index is 12.0. The predicted octanol–water partition coefficient (Wildman–Crippen LogP) is 2.31. The van der Waals surface area contributed by atoms with Gasteiger partial charge in [-0.05, 0) is 36.8 Å². The summed E-state index contributed by atoms with van der Waals surface area (Å²) in [6.07, 6.45) is 0.221. The Kier molecular flexibility index (Phi) is 7.30. The average molecular weight is 399 g/mol. The van der Waals surface area contributed by atoms with Gasteiger partial charge >= 0.3 is 11.9 Å². The Balaban J connectivity index is 1.78. The molecule has 0 aliphatic heterocycles. The van der Waals surface area contributed by atoms with Crippen molar-refractivity contribution < 1.29 is 29.1 Å². The molecule has 0 aromatic heterocycles. The molecule has 4 N–H and O–H groups in total. The molecule has 152 valence electrons. The number of anilines is 2. The molecular weight excluding hydrogens is 378 g/mol. The fraction of sp³-hybridized carbons (Fsp3) is 0.200. The SMILES string of the molecule is CN(OC(=O)c1ccccc1)C(=O)CCCC(=O)Nc1cc(N)cc(C(=O)O)c1. The van der Waals surface area contributed by atoms with Crippen LogP contribution in [0, 0.1) is 0 Å².